The summed E-state index contributed by atoms with van der Waals surface area (Å²) in [6, 6.07) is 0. The number of allylic oxidation sites excluding steroid dienone is 2. The summed E-state index contributed by atoms with van der Waals surface area (Å²) in [5.41, 5.74) is 2.84. The van der Waals surface area contributed by atoms with Crippen molar-refractivity contribution in [2.24, 2.45) is 0 Å². The number of rotatable bonds is 24. The van der Waals surface area contributed by atoms with Crippen LogP contribution in [0.5, 0.6) is 0 Å². The van der Waals surface area contributed by atoms with Crippen LogP contribution < -0.4 is 0 Å². The minimum absolute atomic E-state index is 1.21. The van der Waals surface area contributed by atoms with Crippen LogP contribution in [-0.4, -0.2) is 24.5 Å². The lowest BCUT2D eigenvalue weighted by atomic mass is 10.0. The summed E-state index contributed by atoms with van der Waals surface area (Å²) < 4.78 is 0. The van der Waals surface area contributed by atoms with Gasteiger partial charge in [-0.2, -0.15) is 0 Å². The normalized spacial score (nSPS) is 11.3. The van der Waals surface area contributed by atoms with Crippen LogP contribution in [0.2, 0.25) is 0 Å². The summed E-state index contributed by atoms with van der Waals surface area (Å²) in [4.78, 5) is 2.65. The molecule has 0 N–H and O–H groups in total. The lowest BCUT2D eigenvalue weighted by Crippen LogP contribution is -2.25. The molecular formula is C29H57N. The van der Waals surface area contributed by atoms with Crippen molar-refractivity contribution in [3.63, 3.8) is 0 Å². The van der Waals surface area contributed by atoms with Gasteiger partial charge in [0.15, 0.2) is 0 Å². The molecule has 0 aliphatic carbocycles. The van der Waals surface area contributed by atoms with E-state index in [0.717, 1.165) is 0 Å². The van der Waals surface area contributed by atoms with Crippen LogP contribution >= 0.6 is 0 Å². The van der Waals surface area contributed by atoms with Crippen LogP contribution in [0.1, 0.15) is 143 Å². The molecule has 0 saturated heterocycles. The molecule has 0 saturated carbocycles. The molecule has 0 aromatic rings. The van der Waals surface area contributed by atoms with Crippen molar-refractivity contribution < 1.29 is 0 Å². The zero-order valence-corrected chi connectivity index (χ0v) is 21.4. The molecule has 0 heterocycles. The molecule has 0 fully saturated rings. The average Bonchev–Trinajstić information content (AvgIpc) is 2.73. The lowest BCUT2D eigenvalue weighted by Gasteiger charge is -2.20. The van der Waals surface area contributed by atoms with E-state index in [4.69, 9.17) is 0 Å². The monoisotopic (exact) mass is 419 g/mol. The summed E-state index contributed by atoms with van der Waals surface area (Å²) in [7, 11) is 0. The molecule has 30 heavy (non-hydrogen) atoms. The van der Waals surface area contributed by atoms with Gasteiger partial charge in [-0.25, -0.2) is 0 Å². The van der Waals surface area contributed by atoms with Crippen LogP contribution in [0.15, 0.2) is 24.3 Å². The Balaban J connectivity index is 3.39. The van der Waals surface area contributed by atoms with Crippen molar-refractivity contribution in [1.29, 1.82) is 0 Å². The van der Waals surface area contributed by atoms with Crippen molar-refractivity contribution in [2.45, 2.75) is 143 Å². The summed E-state index contributed by atoms with van der Waals surface area (Å²) in [5.74, 6) is 0. The molecule has 0 aromatic heterocycles. The van der Waals surface area contributed by atoms with E-state index < -0.39 is 0 Å². The summed E-state index contributed by atoms with van der Waals surface area (Å²) >= 11 is 0. The van der Waals surface area contributed by atoms with Gasteiger partial charge in [0, 0.05) is 0 Å². The molecule has 0 unspecified atom stereocenters. The fraction of sp³-hybridized carbons (Fsp3) is 0.862. The van der Waals surface area contributed by atoms with E-state index >= 15 is 0 Å². The maximum absolute atomic E-state index is 4.32. The van der Waals surface area contributed by atoms with Crippen molar-refractivity contribution in [2.75, 3.05) is 19.6 Å². The number of hydrogen-bond acceptors (Lipinski definition) is 1. The van der Waals surface area contributed by atoms with Crippen LogP contribution in [0.4, 0.5) is 0 Å². The van der Waals surface area contributed by atoms with E-state index in [1.165, 1.54) is 153 Å². The highest BCUT2D eigenvalue weighted by molar-refractivity contribution is 4.93. The van der Waals surface area contributed by atoms with E-state index in [-0.39, 0.29) is 0 Å². The second kappa shape index (κ2) is 23.1. The molecule has 0 bridgehead atoms. The molecule has 0 aliphatic heterocycles. The largest absolute Gasteiger partial charge is 0.304 e. The molecule has 0 aromatic carbocycles. The van der Waals surface area contributed by atoms with Crippen molar-refractivity contribution in [3.8, 4) is 0 Å². The second-order valence-corrected chi connectivity index (χ2v) is 9.69. The second-order valence-electron chi connectivity index (χ2n) is 9.69. The fourth-order valence-electron chi connectivity index (χ4n) is 4.24. The minimum atomic E-state index is 1.21. The van der Waals surface area contributed by atoms with Gasteiger partial charge in [-0.05, 0) is 77.9 Å². The highest BCUT2D eigenvalue weighted by Crippen LogP contribution is 2.17. The summed E-state index contributed by atoms with van der Waals surface area (Å²) in [6.07, 6.45) is 26.0. The number of nitrogens with zero attached hydrogens (tertiary/aromatic N) is 1. The minimum Gasteiger partial charge on any atom is -0.304 e. The molecule has 1 heteroatoms. The molecule has 0 atom stereocenters. The van der Waals surface area contributed by atoms with E-state index in [9.17, 15) is 0 Å². The Kier molecular flexibility index (Phi) is 22.7. The summed E-state index contributed by atoms with van der Waals surface area (Å²) in [6.45, 7) is 18.9. The first-order valence-electron chi connectivity index (χ1n) is 13.6. The number of hydrogen-bond donors (Lipinski definition) is 0. The standard InChI is InChI=1S/C29H57N/c1-6-8-9-10-11-12-14-19-24-29(5)25-20-15-13-16-21-26-30(7-2)27-22-17-18-23-28(3)4/h3,5-27H2,1-2,4H3. The van der Waals surface area contributed by atoms with Gasteiger partial charge in [0.25, 0.3) is 0 Å². The molecule has 0 amide bonds. The highest BCUT2D eigenvalue weighted by atomic mass is 15.1. The SMILES string of the molecule is C=C(C)CCCCCN(CC)CCCCCCCC(=C)CCCCCCCCCC. The van der Waals surface area contributed by atoms with Crippen LogP contribution in [0.25, 0.3) is 0 Å². The van der Waals surface area contributed by atoms with Gasteiger partial charge in [0.1, 0.15) is 0 Å². The van der Waals surface area contributed by atoms with Gasteiger partial charge in [-0.1, -0.05) is 102 Å². The zero-order valence-electron chi connectivity index (χ0n) is 21.4. The third kappa shape index (κ3) is 22.1. The third-order valence-electron chi connectivity index (χ3n) is 6.41. The van der Waals surface area contributed by atoms with Crippen LogP contribution in [0.3, 0.4) is 0 Å². The predicted molar refractivity (Wildman–Crippen MR) is 139 cm³/mol. The van der Waals surface area contributed by atoms with Gasteiger partial charge >= 0.3 is 0 Å². The quantitative estimate of drug-likeness (QED) is 0.111. The van der Waals surface area contributed by atoms with Gasteiger partial charge in [-0.15, -0.1) is 6.58 Å². The third-order valence-corrected chi connectivity index (χ3v) is 6.41. The van der Waals surface area contributed by atoms with Crippen LogP contribution in [-0.2, 0) is 0 Å². The lowest BCUT2D eigenvalue weighted by molar-refractivity contribution is 0.274. The Bertz CT molecular complexity index is 384. The first kappa shape index (κ1) is 29.4. The van der Waals surface area contributed by atoms with E-state index in [0.29, 0.717) is 0 Å². The van der Waals surface area contributed by atoms with E-state index in [2.05, 4.69) is 38.8 Å². The Morgan fingerprint density at radius 3 is 1.40 bits per heavy atom. The van der Waals surface area contributed by atoms with Crippen LogP contribution in [0, 0.1) is 0 Å². The van der Waals surface area contributed by atoms with E-state index in [1.54, 1.807) is 0 Å². The first-order chi connectivity index (χ1) is 14.6. The summed E-state index contributed by atoms with van der Waals surface area (Å²) in [5, 5.41) is 0. The molecule has 1 nitrogen and oxygen atoms in total. The molecular weight excluding hydrogens is 362 g/mol. The van der Waals surface area contributed by atoms with Crippen molar-refractivity contribution in [1.82, 2.24) is 4.90 Å². The molecule has 0 radical (unpaired) electrons. The Morgan fingerprint density at radius 1 is 0.533 bits per heavy atom. The average molecular weight is 420 g/mol. The number of unbranched alkanes of at least 4 members (excludes halogenated alkanes) is 13. The highest BCUT2D eigenvalue weighted by Gasteiger charge is 2.02. The first-order valence-corrected chi connectivity index (χ1v) is 13.6. The fourth-order valence-corrected chi connectivity index (χ4v) is 4.24. The molecule has 178 valence electrons. The topological polar surface area (TPSA) is 3.24 Å². The predicted octanol–water partition coefficient (Wildman–Crippen LogP) is 9.87. The van der Waals surface area contributed by atoms with Gasteiger partial charge in [0.2, 0.25) is 0 Å². The van der Waals surface area contributed by atoms with Gasteiger partial charge < -0.3 is 4.90 Å². The van der Waals surface area contributed by atoms with Gasteiger partial charge in [0.05, 0.1) is 0 Å². The Hall–Kier alpha value is -0.560. The maximum Gasteiger partial charge on any atom is -0.00189 e. The van der Waals surface area contributed by atoms with E-state index in [1.807, 2.05) is 0 Å². The molecule has 0 rings (SSSR count). The molecule has 0 aliphatic rings. The van der Waals surface area contributed by atoms with Gasteiger partial charge in [-0.3, -0.25) is 0 Å². The zero-order chi connectivity index (χ0) is 22.3. The Labute approximate surface area is 191 Å². The molecule has 0 spiro atoms. The maximum atomic E-state index is 4.32. The Morgan fingerprint density at radius 2 is 0.933 bits per heavy atom. The van der Waals surface area contributed by atoms with Crippen molar-refractivity contribution >= 4 is 0 Å². The van der Waals surface area contributed by atoms with Crippen molar-refractivity contribution in [3.05, 3.63) is 24.3 Å². The smallest absolute Gasteiger partial charge is 0.00189 e.